The molecule has 2 atom stereocenters. The van der Waals surface area contributed by atoms with Gasteiger partial charge in [-0.1, -0.05) is 23.8 Å². The van der Waals surface area contributed by atoms with Crippen molar-refractivity contribution >= 4 is 23.0 Å². The molecule has 2 aromatic carbocycles. The van der Waals surface area contributed by atoms with Crippen LogP contribution in [-0.2, 0) is 0 Å². The Bertz CT molecular complexity index is 1400. The second-order valence-corrected chi connectivity index (χ2v) is 9.99. The molecule has 0 amide bonds. The van der Waals surface area contributed by atoms with Crippen molar-refractivity contribution in [3.05, 3.63) is 106 Å². The molecule has 1 saturated heterocycles. The van der Waals surface area contributed by atoms with E-state index in [1.54, 1.807) is 7.11 Å². The second kappa shape index (κ2) is 9.43. The largest absolute Gasteiger partial charge is 0.497 e. The summed E-state index contributed by atoms with van der Waals surface area (Å²) in [4.78, 5) is 6.92. The first-order valence-electron chi connectivity index (χ1n) is 12.2. The molecule has 184 valence electrons. The van der Waals surface area contributed by atoms with Crippen molar-refractivity contribution in [1.29, 1.82) is 0 Å². The molecule has 4 aromatic rings. The van der Waals surface area contributed by atoms with Crippen molar-refractivity contribution in [1.82, 2.24) is 14.9 Å². The summed E-state index contributed by atoms with van der Waals surface area (Å²) >= 11 is 5.92. The smallest absolute Gasteiger partial charge is 0.174 e. The highest BCUT2D eigenvalue weighted by Crippen LogP contribution is 2.44. The molecule has 0 spiro atoms. The van der Waals surface area contributed by atoms with E-state index < -0.39 is 0 Å². The van der Waals surface area contributed by atoms with Crippen LogP contribution in [0.4, 0.5) is 5.69 Å². The summed E-state index contributed by atoms with van der Waals surface area (Å²) in [5.74, 6) is 0.818. The Morgan fingerprint density at radius 2 is 1.61 bits per heavy atom. The van der Waals surface area contributed by atoms with Gasteiger partial charge in [-0.3, -0.25) is 4.98 Å². The van der Waals surface area contributed by atoms with Crippen molar-refractivity contribution in [2.45, 2.75) is 46.7 Å². The van der Waals surface area contributed by atoms with Crippen LogP contribution in [0.5, 0.6) is 5.75 Å². The van der Waals surface area contributed by atoms with Gasteiger partial charge in [0, 0.05) is 23.3 Å². The highest BCUT2D eigenvalue weighted by molar-refractivity contribution is 7.80. The number of pyridine rings is 1. The van der Waals surface area contributed by atoms with Gasteiger partial charge in [0.25, 0.3) is 0 Å². The number of benzene rings is 2. The summed E-state index contributed by atoms with van der Waals surface area (Å²) in [7, 11) is 1.68. The van der Waals surface area contributed by atoms with Crippen LogP contribution in [0.15, 0.2) is 66.9 Å². The fourth-order valence-corrected chi connectivity index (χ4v) is 5.99. The summed E-state index contributed by atoms with van der Waals surface area (Å²) in [6.07, 6.45) is 1.84. The van der Waals surface area contributed by atoms with E-state index in [1.807, 2.05) is 30.5 Å². The Balaban J connectivity index is 1.69. The van der Waals surface area contributed by atoms with Gasteiger partial charge in [-0.15, -0.1) is 0 Å². The van der Waals surface area contributed by atoms with Gasteiger partial charge in [0.2, 0.25) is 0 Å². The number of methoxy groups -OCH3 is 1. The van der Waals surface area contributed by atoms with Gasteiger partial charge in [-0.05, 0) is 106 Å². The molecule has 6 heteroatoms. The van der Waals surface area contributed by atoms with E-state index in [9.17, 15) is 0 Å². The lowest BCUT2D eigenvalue weighted by Crippen LogP contribution is -2.29. The SMILES string of the molecule is COc1ccc(N2C(=S)NC(c3ccccn3)C2c2cc(C)n(-c3c(C)cc(C)cc3C)c2C)cc1. The van der Waals surface area contributed by atoms with Crippen LogP contribution in [0, 0.1) is 34.6 Å². The Labute approximate surface area is 218 Å². The molecular weight excluding hydrogens is 464 g/mol. The monoisotopic (exact) mass is 496 g/mol. The van der Waals surface area contributed by atoms with E-state index in [1.165, 1.54) is 39.3 Å². The first-order chi connectivity index (χ1) is 17.3. The third-order valence-electron chi connectivity index (χ3n) is 7.10. The fourth-order valence-electron chi connectivity index (χ4n) is 5.65. The Morgan fingerprint density at radius 3 is 2.22 bits per heavy atom. The second-order valence-electron chi connectivity index (χ2n) is 9.60. The molecular formula is C30H32N4OS. The van der Waals surface area contributed by atoms with Gasteiger partial charge in [0.05, 0.1) is 30.6 Å². The van der Waals surface area contributed by atoms with Crippen molar-refractivity contribution in [2.75, 3.05) is 12.0 Å². The minimum absolute atomic E-state index is 0.0631. The van der Waals surface area contributed by atoms with E-state index in [0.29, 0.717) is 5.11 Å². The Hall–Kier alpha value is -3.64. The standard InChI is InChI=1S/C30H32N4OS/c1-18-15-19(2)28(20(3)16-18)33-21(4)17-25(22(33)5)29-27(26-9-7-8-14-31-26)32-30(36)34(29)23-10-12-24(35-6)13-11-23/h7-17,27,29H,1-6H3,(H,32,36). The number of rotatable bonds is 5. The van der Waals surface area contributed by atoms with E-state index in [0.717, 1.165) is 17.1 Å². The summed E-state index contributed by atoms with van der Waals surface area (Å²) in [6, 6.07) is 20.8. The molecule has 2 aromatic heterocycles. The summed E-state index contributed by atoms with van der Waals surface area (Å²) in [5, 5.41) is 4.26. The highest BCUT2D eigenvalue weighted by atomic mass is 32.1. The molecule has 0 saturated carbocycles. The fraction of sp³-hybridized carbons (Fsp3) is 0.267. The van der Waals surface area contributed by atoms with Gasteiger partial charge >= 0.3 is 0 Å². The molecule has 5 rings (SSSR count). The van der Waals surface area contributed by atoms with Crippen molar-refractivity contribution < 1.29 is 4.74 Å². The predicted molar refractivity (Wildman–Crippen MR) is 150 cm³/mol. The molecule has 1 N–H and O–H groups in total. The van der Waals surface area contributed by atoms with Crippen LogP contribution in [0.3, 0.4) is 0 Å². The van der Waals surface area contributed by atoms with Gasteiger partial charge in [0.15, 0.2) is 5.11 Å². The van der Waals surface area contributed by atoms with Crippen molar-refractivity contribution in [2.24, 2.45) is 0 Å². The molecule has 1 aliphatic rings. The zero-order valence-electron chi connectivity index (χ0n) is 21.7. The highest BCUT2D eigenvalue weighted by Gasteiger charge is 2.42. The topological polar surface area (TPSA) is 42.3 Å². The van der Waals surface area contributed by atoms with Crippen molar-refractivity contribution in [3.63, 3.8) is 0 Å². The lowest BCUT2D eigenvalue weighted by atomic mass is 9.96. The molecule has 36 heavy (non-hydrogen) atoms. The van der Waals surface area contributed by atoms with Gasteiger partial charge in [-0.2, -0.15) is 0 Å². The lowest BCUT2D eigenvalue weighted by molar-refractivity contribution is 0.415. The van der Waals surface area contributed by atoms with E-state index >= 15 is 0 Å². The summed E-state index contributed by atoms with van der Waals surface area (Å²) in [5.41, 5.74) is 10.7. The molecule has 0 radical (unpaired) electrons. The minimum atomic E-state index is -0.0880. The van der Waals surface area contributed by atoms with E-state index in [4.69, 9.17) is 21.9 Å². The number of hydrogen-bond donors (Lipinski definition) is 1. The number of aromatic nitrogens is 2. The number of anilines is 1. The quantitative estimate of drug-likeness (QED) is 0.315. The number of thiocarbonyl (C=S) groups is 1. The minimum Gasteiger partial charge on any atom is -0.497 e. The first-order valence-corrected chi connectivity index (χ1v) is 12.6. The third-order valence-corrected chi connectivity index (χ3v) is 7.41. The number of nitrogens with zero attached hydrogens (tertiary/aromatic N) is 3. The number of nitrogens with one attached hydrogen (secondary N) is 1. The van der Waals surface area contributed by atoms with E-state index in [-0.39, 0.29) is 12.1 Å². The maximum atomic E-state index is 5.92. The molecule has 0 bridgehead atoms. The molecule has 3 heterocycles. The molecule has 0 aliphatic carbocycles. The number of hydrogen-bond acceptors (Lipinski definition) is 3. The van der Waals surface area contributed by atoms with E-state index in [2.05, 4.69) is 85.8 Å². The first kappa shape index (κ1) is 24.1. The Morgan fingerprint density at radius 1 is 0.917 bits per heavy atom. The Kier molecular flexibility index (Phi) is 6.31. The third kappa shape index (κ3) is 4.05. The molecule has 1 fully saturated rings. The zero-order chi connectivity index (χ0) is 25.6. The van der Waals surface area contributed by atoms with Gasteiger partial charge in [0.1, 0.15) is 5.75 Å². The maximum absolute atomic E-state index is 5.92. The van der Waals surface area contributed by atoms with Gasteiger partial charge < -0.3 is 19.5 Å². The number of aryl methyl sites for hydroxylation is 4. The van der Waals surface area contributed by atoms with Crippen LogP contribution >= 0.6 is 12.2 Å². The average Bonchev–Trinajstić information content (AvgIpc) is 3.35. The van der Waals surface area contributed by atoms with Crippen LogP contribution in [0.2, 0.25) is 0 Å². The molecule has 1 aliphatic heterocycles. The van der Waals surface area contributed by atoms with Gasteiger partial charge in [-0.25, -0.2) is 0 Å². The number of ether oxygens (including phenoxy) is 1. The lowest BCUT2D eigenvalue weighted by Gasteiger charge is -2.28. The summed E-state index contributed by atoms with van der Waals surface area (Å²) in [6.45, 7) is 10.9. The van der Waals surface area contributed by atoms with Crippen molar-refractivity contribution in [3.8, 4) is 11.4 Å². The van der Waals surface area contributed by atoms with Crippen LogP contribution < -0.4 is 15.0 Å². The normalized spacial score (nSPS) is 17.4. The molecule has 2 unspecified atom stereocenters. The average molecular weight is 497 g/mol. The maximum Gasteiger partial charge on any atom is 0.174 e. The molecule has 5 nitrogen and oxygen atoms in total. The van der Waals surface area contributed by atoms with Crippen LogP contribution in [0.1, 0.15) is 51.4 Å². The summed E-state index contributed by atoms with van der Waals surface area (Å²) < 4.78 is 7.79. The van der Waals surface area contributed by atoms with Crippen LogP contribution in [0.25, 0.3) is 5.69 Å². The van der Waals surface area contributed by atoms with Crippen LogP contribution in [-0.4, -0.2) is 21.8 Å². The zero-order valence-corrected chi connectivity index (χ0v) is 22.5. The predicted octanol–water partition coefficient (Wildman–Crippen LogP) is 6.60.